The predicted molar refractivity (Wildman–Crippen MR) is 66.9 cm³/mol. The highest BCUT2D eigenvalue weighted by Gasteiger charge is 2.09. The molecular formula is C11H11ClN2O2S. The molecule has 0 amide bonds. The molecule has 6 heteroatoms. The van der Waals surface area contributed by atoms with E-state index in [9.17, 15) is 8.42 Å². The first kappa shape index (κ1) is 12.1. The molecule has 0 saturated heterocycles. The Morgan fingerprint density at radius 2 is 2.00 bits per heavy atom. The summed E-state index contributed by atoms with van der Waals surface area (Å²) in [4.78, 5) is 0. The summed E-state index contributed by atoms with van der Waals surface area (Å²) in [5, 5.41) is 4.13. The summed E-state index contributed by atoms with van der Waals surface area (Å²) in [5.74, 6) is -0.0766. The van der Waals surface area contributed by atoms with Gasteiger partial charge in [-0.2, -0.15) is 5.10 Å². The van der Waals surface area contributed by atoms with Crippen LogP contribution in [0.15, 0.2) is 42.7 Å². The van der Waals surface area contributed by atoms with Gasteiger partial charge in [-0.3, -0.25) is 0 Å². The molecule has 1 aromatic heterocycles. The molecule has 0 radical (unpaired) electrons. The first-order valence-corrected chi connectivity index (χ1v) is 7.54. The van der Waals surface area contributed by atoms with E-state index in [2.05, 4.69) is 5.10 Å². The lowest BCUT2D eigenvalue weighted by Gasteiger charge is -2.08. The van der Waals surface area contributed by atoms with E-state index in [0.717, 1.165) is 11.3 Å². The van der Waals surface area contributed by atoms with Crippen molar-refractivity contribution in [2.75, 3.05) is 5.75 Å². The smallest absolute Gasteiger partial charge is 0.232 e. The standard InChI is InChI=1S/C11H11ClN2O2S/c12-17(15,16)9-6-10-4-1-2-5-11(10)14-8-3-7-13-14/h1-5,7-8H,6,9H2. The van der Waals surface area contributed by atoms with Gasteiger partial charge in [0.05, 0.1) is 11.4 Å². The van der Waals surface area contributed by atoms with Crippen molar-refractivity contribution in [1.29, 1.82) is 0 Å². The van der Waals surface area contributed by atoms with Crippen LogP contribution in [0.25, 0.3) is 5.69 Å². The van der Waals surface area contributed by atoms with E-state index in [1.54, 1.807) is 10.9 Å². The molecule has 2 aromatic rings. The zero-order valence-corrected chi connectivity index (χ0v) is 10.5. The first-order chi connectivity index (χ1) is 8.06. The maximum atomic E-state index is 10.9. The number of aryl methyl sites for hydroxylation is 1. The Bertz CT molecular complexity index is 594. The average molecular weight is 271 g/mol. The maximum absolute atomic E-state index is 10.9. The molecule has 0 atom stereocenters. The van der Waals surface area contributed by atoms with E-state index in [1.165, 1.54) is 0 Å². The fourth-order valence-corrected chi connectivity index (χ4v) is 2.28. The number of nitrogens with zero attached hydrogens (tertiary/aromatic N) is 2. The molecule has 0 aliphatic carbocycles. The van der Waals surface area contributed by atoms with Crippen molar-refractivity contribution < 1.29 is 8.42 Å². The summed E-state index contributed by atoms with van der Waals surface area (Å²) >= 11 is 0. The molecule has 1 aromatic carbocycles. The Morgan fingerprint density at radius 3 is 2.65 bits per heavy atom. The molecule has 0 unspecified atom stereocenters. The Balaban J connectivity index is 2.29. The van der Waals surface area contributed by atoms with Crippen LogP contribution in [0.3, 0.4) is 0 Å². The summed E-state index contributed by atoms with van der Waals surface area (Å²) in [6.45, 7) is 0. The molecule has 1 heterocycles. The summed E-state index contributed by atoms with van der Waals surface area (Å²) < 4.78 is 23.6. The van der Waals surface area contributed by atoms with Crippen molar-refractivity contribution >= 4 is 19.7 Å². The van der Waals surface area contributed by atoms with Crippen LogP contribution in [-0.2, 0) is 15.5 Å². The van der Waals surface area contributed by atoms with Crippen molar-refractivity contribution in [2.24, 2.45) is 0 Å². The fourth-order valence-electron chi connectivity index (χ4n) is 1.59. The van der Waals surface area contributed by atoms with E-state index in [-0.39, 0.29) is 5.75 Å². The highest BCUT2D eigenvalue weighted by Crippen LogP contribution is 2.15. The van der Waals surface area contributed by atoms with Crippen molar-refractivity contribution in [3.8, 4) is 5.69 Å². The molecule has 0 aliphatic heterocycles. The van der Waals surface area contributed by atoms with Crippen LogP contribution in [0.5, 0.6) is 0 Å². The topological polar surface area (TPSA) is 52.0 Å². The maximum Gasteiger partial charge on any atom is 0.232 e. The van der Waals surface area contributed by atoms with Crippen LogP contribution in [0.1, 0.15) is 5.56 Å². The van der Waals surface area contributed by atoms with E-state index in [4.69, 9.17) is 10.7 Å². The van der Waals surface area contributed by atoms with Crippen LogP contribution in [0, 0.1) is 0 Å². The van der Waals surface area contributed by atoms with E-state index in [1.807, 2.05) is 36.5 Å². The van der Waals surface area contributed by atoms with E-state index in [0.29, 0.717) is 6.42 Å². The van der Waals surface area contributed by atoms with Crippen LogP contribution in [0.4, 0.5) is 0 Å². The number of rotatable bonds is 4. The molecule has 0 aliphatic rings. The van der Waals surface area contributed by atoms with Gasteiger partial charge in [0.25, 0.3) is 0 Å². The van der Waals surface area contributed by atoms with Gasteiger partial charge in [-0.05, 0) is 24.1 Å². The van der Waals surface area contributed by atoms with Crippen molar-refractivity contribution in [3.63, 3.8) is 0 Å². The largest absolute Gasteiger partial charge is 0.241 e. The minimum absolute atomic E-state index is 0.0766. The SMILES string of the molecule is O=S(=O)(Cl)CCc1ccccc1-n1cccn1. The second-order valence-corrected chi connectivity index (χ2v) is 6.47. The minimum Gasteiger partial charge on any atom is -0.241 e. The Labute approximate surface area is 104 Å². The molecule has 90 valence electrons. The molecule has 0 N–H and O–H groups in total. The van der Waals surface area contributed by atoms with Crippen LogP contribution in [0.2, 0.25) is 0 Å². The summed E-state index contributed by atoms with van der Waals surface area (Å²) in [6.07, 6.45) is 3.87. The van der Waals surface area contributed by atoms with Crippen LogP contribution in [-0.4, -0.2) is 24.0 Å². The van der Waals surface area contributed by atoms with Crippen molar-refractivity contribution in [3.05, 3.63) is 48.3 Å². The molecule has 0 bridgehead atoms. The molecule has 2 rings (SSSR count). The molecule has 0 saturated carbocycles. The zero-order chi connectivity index (χ0) is 12.3. The van der Waals surface area contributed by atoms with Crippen LogP contribution < -0.4 is 0 Å². The van der Waals surface area contributed by atoms with Crippen LogP contribution >= 0.6 is 10.7 Å². The van der Waals surface area contributed by atoms with Gasteiger partial charge in [-0.15, -0.1) is 0 Å². The average Bonchev–Trinajstić information content (AvgIpc) is 2.79. The molecule has 0 spiro atoms. The lowest BCUT2D eigenvalue weighted by molar-refractivity contribution is 0.608. The van der Waals surface area contributed by atoms with E-state index >= 15 is 0 Å². The van der Waals surface area contributed by atoms with Gasteiger partial charge < -0.3 is 0 Å². The molecule has 4 nitrogen and oxygen atoms in total. The van der Waals surface area contributed by atoms with Gasteiger partial charge in [-0.1, -0.05) is 18.2 Å². The fraction of sp³-hybridized carbons (Fsp3) is 0.182. The van der Waals surface area contributed by atoms with Crippen molar-refractivity contribution in [2.45, 2.75) is 6.42 Å². The number of aromatic nitrogens is 2. The lowest BCUT2D eigenvalue weighted by atomic mass is 10.1. The van der Waals surface area contributed by atoms with Gasteiger partial charge >= 0.3 is 0 Å². The Morgan fingerprint density at radius 1 is 1.24 bits per heavy atom. The summed E-state index contributed by atoms with van der Waals surface area (Å²) in [5.41, 5.74) is 1.78. The number of hydrogen-bond acceptors (Lipinski definition) is 3. The zero-order valence-electron chi connectivity index (χ0n) is 8.95. The van der Waals surface area contributed by atoms with Crippen molar-refractivity contribution in [1.82, 2.24) is 9.78 Å². The second kappa shape index (κ2) is 4.89. The highest BCUT2D eigenvalue weighted by atomic mass is 35.7. The highest BCUT2D eigenvalue weighted by molar-refractivity contribution is 8.13. The number of hydrogen-bond donors (Lipinski definition) is 0. The normalized spacial score (nSPS) is 11.6. The lowest BCUT2D eigenvalue weighted by Crippen LogP contribution is -2.05. The molecule has 17 heavy (non-hydrogen) atoms. The van der Waals surface area contributed by atoms with Gasteiger partial charge in [-0.25, -0.2) is 13.1 Å². The number of benzene rings is 1. The Hall–Kier alpha value is -1.33. The summed E-state index contributed by atoms with van der Waals surface area (Å²) in [7, 11) is 1.74. The van der Waals surface area contributed by atoms with E-state index < -0.39 is 9.05 Å². The third kappa shape index (κ3) is 3.31. The molecule has 0 fully saturated rings. The number of para-hydroxylation sites is 1. The number of halogens is 1. The van der Waals surface area contributed by atoms with Gasteiger partial charge in [0.15, 0.2) is 0 Å². The predicted octanol–water partition coefficient (Wildman–Crippen LogP) is 1.98. The first-order valence-electron chi connectivity index (χ1n) is 5.06. The third-order valence-electron chi connectivity index (χ3n) is 2.36. The second-order valence-electron chi connectivity index (χ2n) is 3.57. The van der Waals surface area contributed by atoms with Gasteiger partial charge in [0.1, 0.15) is 0 Å². The molecular weight excluding hydrogens is 260 g/mol. The monoisotopic (exact) mass is 270 g/mol. The van der Waals surface area contributed by atoms with Gasteiger partial charge in [0, 0.05) is 23.1 Å². The summed E-state index contributed by atoms with van der Waals surface area (Å²) in [6, 6.07) is 9.33. The van der Waals surface area contributed by atoms with Gasteiger partial charge in [0.2, 0.25) is 9.05 Å². The Kier molecular flexibility index (Phi) is 3.49. The quantitative estimate of drug-likeness (QED) is 0.799. The third-order valence-corrected chi connectivity index (χ3v) is 3.51. The minimum atomic E-state index is -3.47.